The van der Waals surface area contributed by atoms with E-state index < -0.39 is 0 Å². The van der Waals surface area contributed by atoms with Crippen LogP contribution in [0.15, 0.2) is 42.6 Å². The van der Waals surface area contributed by atoms with Crippen molar-refractivity contribution in [3.63, 3.8) is 0 Å². The van der Waals surface area contributed by atoms with Gasteiger partial charge in [0.15, 0.2) is 0 Å². The molecule has 6 nitrogen and oxygen atoms in total. The van der Waals surface area contributed by atoms with Crippen LogP contribution in [-0.4, -0.2) is 43.7 Å². The molecular formula is C20H25ClN4O2. The third-order valence-electron chi connectivity index (χ3n) is 4.91. The number of carbonyl (C=O) groups is 1. The monoisotopic (exact) mass is 388 g/mol. The third-order valence-corrected chi connectivity index (χ3v) is 4.91. The lowest BCUT2D eigenvalue weighted by Gasteiger charge is -2.24. The molecule has 1 unspecified atom stereocenters. The summed E-state index contributed by atoms with van der Waals surface area (Å²) < 4.78 is 5.75. The summed E-state index contributed by atoms with van der Waals surface area (Å²) in [6, 6.07) is 11.6. The van der Waals surface area contributed by atoms with Crippen molar-refractivity contribution in [1.82, 2.24) is 10.3 Å². The Morgan fingerprint density at radius 3 is 2.56 bits per heavy atom. The molecule has 2 fully saturated rings. The van der Waals surface area contributed by atoms with E-state index in [4.69, 9.17) is 4.74 Å². The first kappa shape index (κ1) is 19.6. The summed E-state index contributed by atoms with van der Waals surface area (Å²) in [5.74, 6) is 0.804. The quantitative estimate of drug-likeness (QED) is 0.842. The lowest BCUT2D eigenvalue weighted by Crippen LogP contribution is -2.33. The molecule has 2 aromatic rings. The van der Waals surface area contributed by atoms with Crippen LogP contribution in [0.4, 0.5) is 11.5 Å². The highest BCUT2D eigenvalue weighted by atomic mass is 35.5. The zero-order valence-electron chi connectivity index (χ0n) is 15.2. The molecule has 3 heterocycles. The highest BCUT2D eigenvalue weighted by Gasteiger charge is 2.16. The number of aromatic nitrogens is 1. The molecule has 144 valence electrons. The minimum absolute atomic E-state index is 0. The van der Waals surface area contributed by atoms with Gasteiger partial charge in [-0.25, -0.2) is 4.98 Å². The molecule has 1 aromatic carbocycles. The Labute approximate surface area is 165 Å². The zero-order valence-corrected chi connectivity index (χ0v) is 16.0. The third kappa shape index (κ3) is 4.77. The van der Waals surface area contributed by atoms with Crippen molar-refractivity contribution in [1.29, 1.82) is 0 Å². The number of benzene rings is 1. The number of pyridine rings is 1. The Balaban J connectivity index is 0.00000210. The Morgan fingerprint density at radius 1 is 1.15 bits per heavy atom. The summed E-state index contributed by atoms with van der Waals surface area (Å²) in [6.45, 7) is 4.54. The summed E-state index contributed by atoms with van der Waals surface area (Å²) in [7, 11) is 0. The van der Waals surface area contributed by atoms with Gasteiger partial charge in [-0.2, -0.15) is 0 Å². The second-order valence-electron chi connectivity index (χ2n) is 6.74. The summed E-state index contributed by atoms with van der Waals surface area (Å²) >= 11 is 0. The number of carbonyl (C=O) groups excluding carboxylic acids is 1. The van der Waals surface area contributed by atoms with Crippen molar-refractivity contribution in [3.8, 4) is 0 Å². The van der Waals surface area contributed by atoms with Crippen molar-refractivity contribution >= 4 is 29.8 Å². The number of amides is 1. The van der Waals surface area contributed by atoms with Gasteiger partial charge in [-0.1, -0.05) is 12.1 Å². The number of morpholine rings is 1. The second kappa shape index (κ2) is 9.17. The lowest BCUT2D eigenvalue weighted by atomic mass is 10.1. The summed E-state index contributed by atoms with van der Waals surface area (Å²) in [5.41, 5.74) is 2.45. The number of anilines is 2. The van der Waals surface area contributed by atoms with Gasteiger partial charge < -0.3 is 20.3 Å². The second-order valence-corrected chi connectivity index (χ2v) is 6.74. The van der Waals surface area contributed by atoms with Crippen molar-refractivity contribution in [2.24, 2.45) is 0 Å². The van der Waals surface area contributed by atoms with Crippen molar-refractivity contribution in [2.45, 2.75) is 18.9 Å². The van der Waals surface area contributed by atoms with Gasteiger partial charge in [-0.3, -0.25) is 4.79 Å². The van der Waals surface area contributed by atoms with E-state index >= 15 is 0 Å². The average Bonchev–Trinajstić information content (AvgIpc) is 3.24. The van der Waals surface area contributed by atoms with E-state index in [0.29, 0.717) is 5.56 Å². The van der Waals surface area contributed by atoms with Crippen molar-refractivity contribution < 1.29 is 9.53 Å². The SMILES string of the molecule is Cl.O=C(Nc1ccc(C2CNCCO2)cc1)c1ccc(N2CCCC2)nc1. The van der Waals surface area contributed by atoms with E-state index in [1.807, 2.05) is 36.4 Å². The Morgan fingerprint density at radius 2 is 1.93 bits per heavy atom. The van der Waals surface area contributed by atoms with Gasteiger partial charge in [0.2, 0.25) is 0 Å². The summed E-state index contributed by atoms with van der Waals surface area (Å²) in [4.78, 5) is 19.1. The first-order chi connectivity index (χ1) is 12.8. The first-order valence-electron chi connectivity index (χ1n) is 9.24. The van der Waals surface area contributed by atoms with Gasteiger partial charge in [-0.05, 0) is 42.7 Å². The Kier molecular flexibility index (Phi) is 6.66. The van der Waals surface area contributed by atoms with E-state index in [-0.39, 0.29) is 24.4 Å². The normalized spacial score (nSPS) is 19.4. The van der Waals surface area contributed by atoms with Crippen molar-refractivity contribution in [3.05, 3.63) is 53.7 Å². The number of ether oxygens (including phenoxy) is 1. The standard InChI is InChI=1S/C20H24N4O2.ClH/c25-20(16-5-8-19(22-13-16)24-10-1-2-11-24)23-17-6-3-15(4-7-17)18-14-21-9-12-26-18;/h3-8,13,18,21H,1-2,9-12,14H2,(H,23,25);1H. The molecule has 1 atom stereocenters. The summed E-state index contributed by atoms with van der Waals surface area (Å²) in [5, 5.41) is 6.25. The van der Waals surface area contributed by atoms with Gasteiger partial charge in [0.25, 0.3) is 5.91 Å². The molecule has 1 amide bonds. The van der Waals surface area contributed by atoms with Gasteiger partial charge in [0.05, 0.1) is 18.3 Å². The van der Waals surface area contributed by atoms with Gasteiger partial charge in [0, 0.05) is 38.1 Å². The molecule has 4 rings (SSSR count). The van der Waals surface area contributed by atoms with Crippen LogP contribution in [0, 0.1) is 0 Å². The predicted molar refractivity (Wildman–Crippen MR) is 109 cm³/mol. The molecule has 27 heavy (non-hydrogen) atoms. The van der Waals surface area contributed by atoms with Crippen LogP contribution < -0.4 is 15.5 Å². The van der Waals surface area contributed by atoms with E-state index in [2.05, 4.69) is 20.5 Å². The fourth-order valence-corrected chi connectivity index (χ4v) is 3.42. The maximum absolute atomic E-state index is 12.4. The maximum Gasteiger partial charge on any atom is 0.257 e. The molecule has 0 spiro atoms. The minimum Gasteiger partial charge on any atom is -0.371 e. The highest BCUT2D eigenvalue weighted by molar-refractivity contribution is 6.04. The maximum atomic E-state index is 12.4. The van der Waals surface area contributed by atoms with Crippen LogP contribution in [0.5, 0.6) is 0 Å². The molecule has 0 radical (unpaired) electrons. The molecule has 1 aromatic heterocycles. The fourth-order valence-electron chi connectivity index (χ4n) is 3.42. The number of rotatable bonds is 4. The number of halogens is 1. The van der Waals surface area contributed by atoms with E-state index in [1.165, 1.54) is 12.8 Å². The van der Waals surface area contributed by atoms with Gasteiger partial charge in [-0.15, -0.1) is 12.4 Å². The molecule has 2 N–H and O–H groups in total. The molecule has 0 aliphatic carbocycles. The smallest absolute Gasteiger partial charge is 0.257 e. The van der Waals surface area contributed by atoms with Crippen LogP contribution in [0.1, 0.15) is 34.9 Å². The molecule has 2 saturated heterocycles. The lowest BCUT2D eigenvalue weighted by molar-refractivity contribution is 0.0277. The average molecular weight is 389 g/mol. The largest absolute Gasteiger partial charge is 0.371 e. The van der Waals surface area contributed by atoms with E-state index in [9.17, 15) is 4.79 Å². The number of nitrogens with one attached hydrogen (secondary N) is 2. The Hall–Kier alpha value is -2.15. The number of nitrogens with zero attached hydrogens (tertiary/aromatic N) is 2. The Bertz CT molecular complexity index is 740. The molecular weight excluding hydrogens is 364 g/mol. The van der Waals surface area contributed by atoms with Gasteiger partial charge >= 0.3 is 0 Å². The molecule has 2 aliphatic heterocycles. The van der Waals surface area contributed by atoms with Crippen LogP contribution >= 0.6 is 12.4 Å². The molecule has 7 heteroatoms. The summed E-state index contributed by atoms with van der Waals surface area (Å²) in [6.07, 6.45) is 4.15. The van der Waals surface area contributed by atoms with Crippen LogP contribution in [-0.2, 0) is 4.74 Å². The van der Waals surface area contributed by atoms with Crippen LogP contribution in [0.2, 0.25) is 0 Å². The van der Waals surface area contributed by atoms with Crippen LogP contribution in [0.25, 0.3) is 0 Å². The highest BCUT2D eigenvalue weighted by Crippen LogP contribution is 2.21. The van der Waals surface area contributed by atoms with Crippen LogP contribution in [0.3, 0.4) is 0 Å². The zero-order chi connectivity index (χ0) is 17.8. The predicted octanol–water partition coefficient (Wildman–Crippen LogP) is 3.02. The first-order valence-corrected chi connectivity index (χ1v) is 9.24. The number of hydrogen-bond acceptors (Lipinski definition) is 5. The van der Waals surface area contributed by atoms with E-state index in [0.717, 1.165) is 49.9 Å². The van der Waals surface area contributed by atoms with Crippen molar-refractivity contribution in [2.75, 3.05) is 43.0 Å². The fraction of sp³-hybridized carbons (Fsp3) is 0.400. The number of hydrogen-bond donors (Lipinski definition) is 2. The molecule has 0 saturated carbocycles. The van der Waals surface area contributed by atoms with Gasteiger partial charge in [0.1, 0.15) is 5.82 Å². The molecule has 0 bridgehead atoms. The molecule has 2 aliphatic rings. The topological polar surface area (TPSA) is 66.5 Å². The van der Waals surface area contributed by atoms with E-state index in [1.54, 1.807) is 6.20 Å². The minimum atomic E-state index is -0.145.